The lowest BCUT2D eigenvalue weighted by atomic mass is 9.96. The molecule has 1 saturated heterocycles. The normalized spacial score (nSPS) is 30.1. The highest BCUT2D eigenvalue weighted by atomic mass is 16.5. The molecule has 1 aliphatic rings. The molecule has 4 heteroatoms. The van der Waals surface area contributed by atoms with Crippen LogP contribution < -0.4 is 4.74 Å². The van der Waals surface area contributed by atoms with Crippen LogP contribution in [0.4, 0.5) is 0 Å². The van der Waals surface area contributed by atoms with Gasteiger partial charge in [-0.2, -0.15) is 0 Å². The first-order valence-corrected chi connectivity index (χ1v) is 5.34. The summed E-state index contributed by atoms with van der Waals surface area (Å²) in [6, 6.07) is 7.30. The Morgan fingerprint density at radius 3 is 2.56 bits per heavy atom. The van der Waals surface area contributed by atoms with Crippen molar-refractivity contribution >= 4 is 0 Å². The summed E-state index contributed by atoms with van der Waals surface area (Å²) in [7, 11) is 1.60. The Balaban J connectivity index is 2.15. The lowest BCUT2D eigenvalue weighted by Crippen LogP contribution is -2.39. The average Bonchev–Trinajstić information content (AvgIpc) is 2.33. The van der Waals surface area contributed by atoms with Crippen LogP contribution in [0.1, 0.15) is 18.1 Å². The van der Waals surface area contributed by atoms with Crippen molar-refractivity contribution in [1.82, 2.24) is 0 Å². The number of aliphatic hydroxyl groups is 2. The van der Waals surface area contributed by atoms with Crippen LogP contribution >= 0.6 is 0 Å². The molecule has 1 aliphatic heterocycles. The van der Waals surface area contributed by atoms with Crippen LogP contribution in [-0.4, -0.2) is 36.1 Å². The van der Waals surface area contributed by atoms with E-state index in [0.717, 1.165) is 11.3 Å². The van der Waals surface area contributed by atoms with Gasteiger partial charge in [0, 0.05) is 0 Å². The largest absolute Gasteiger partial charge is 0.497 e. The number of rotatable bonds is 2. The van der Waals surface area contributed by atoms with E-state index in [1.165, 1.54) is 0 Å². The molecule has 0 amide bonds. The zero-order valence-corrected chi connectivity index (χ0v) is 9.17. The fourth-order valence-corrected chi connectivity index (χ4v) is 1.87. The number of benzene rings is 1. The van der Waals surface area contributed by atoms with Gasteiger partial charge < -0.3 is 19.7 Å². The number of hydrogen-bond acceptors (Lipinski definition) is 4. The second-order valence-corrected chi connectivity index (χ2v) is 3.91. The van der Waals surface area contributed by atoms with E-state index in [9.17, 15) is 10.2 Å². The van der Waals surface area contributed by atoms with Crippen LogP contribution in [0.25, 0.3) is 0 Å². The molecule has 1 aromatic rings. The molecule has 0 radical (unpaired) electrons. The van der Waals surface area contributed by atoms with Gasteiger partial charge in [0.1, 0.15) is 18.0 Å². The molecule has 2 rings (SSSR count). The second-order valence-electron chi connectivity index (χ2n) is 3.91. The van der Waals surface area contributed by atoms with Gasteiger partial charge in [-0.3, -0.25) is 0 Å². The Morgan fingerprint density at radius 1 is 1.25 bits per heavy atom. The van der Waals surface area contributed by atoms with Gasteiger partial charge in [0.2, 0.25) is 0 Å². The van der Waals surface area contributed by atoms with E-state index >= 15 is 0 Å². The number of methoxy groups -OCH3 is 1. The molecular formula is C12H16O4. The lowest BCUT2D eigenvalue weighted by Gasteiger charge is -2.32. The third-order valence-corrected chi connectivity index (χ3v) is 2.86. The van der Waals surface area contributed by atoms with Gasteiger partial charge in [-0.05, 0) is 24.1 Å². The van der Waals surface area contributed by atoms with Gasteiger partial charge in [0.15, 0.2) is 0 Å². The van der Waals surface area contributed by atoms with E-state index in [-0.39, 0.29) is 0 Å². The van der Waals surface area contributed by atoms with Crippen LogP contribution in [0.3, 0.4) is 0 Å². The summed E-state index contributed by atoms with van der Waals surface area (Å²) < 4.78 is 10.5. The summed E-state index contributed by atoms with van der Waals surface area (Å²) in [5.74, 6) is 0.759. The molecule has 1 heterocycles. The highest BCUT2D eigenvalue weighted by Crippen LogP contribution is 2.29. The van der Waals surface area contributed by atoms with Gasteiger partial charge >= 0.3 is 0 Å². The van der Waals surface area contributed by atoms with Gasteiger partial charge in [-0.25, -0.2) is 0 Å². The summed E-state index contributed by atoms with van der Waals surface area (Å²) in [6.07, 6.45) is -1.54. The highest BCUT2D eigenvalue weighted by molar-refractivity contribution is 5.29. The fourth-order valence-electron chi connectivity index (χ4n) is 1.87. The topological polar surface area (TPSA) is 58.9 Å². The Labute approximate surface area is 94.4 Å². The van der Waals surface area contributed by atoms with E-state index in [1.807, 2.05) is 24.3 Å². The number of hydrogen-bond donors (Lipinski definition) is 2. The predicted molar refractivity (Wildman–Crippen MR) is 58.3 cm³/mol. The maximum atomic E-state index is 9.81. The van der Waals surface area contributed by atoms with Crippen molar-refractivity contribution in [1.29, 1.82) is 0 Å². The van der Waals surface area contributed by atoms with Crippen LogP contribution in [0, 0.1) is 0 Å². The van der Waals surface area contributed by atoms with Gasteiger partial charge in [0.25, 0.3) is 0 Å². The molecule has 0 bridgehead atoms. The summed E-state index contributed by atoms with van der Waals surface area (Å²) in [6.45, 7) is 0.467. The standard InChI is InChI=1S/C12H16O4/c1-15-9-4-2-8(3-5-9)12-11(14)10(13)6-7-16-12/h2-5,10-14H,6-7H2,1H3/t10-,11+,12-/m1/s1. The molecule has 2 N–H and O–H groups in total. The molecule has 0 aromatic heterocycles. The maximum absolute atomic E-state index is 9.81. The monoisotopic (exact) mass is 224 g/mol. The van der Waals surface area contributed by atoms with E-state index in [2.05, 4.69) is 0 Å². The Morgan fingerprint density at radius 2 is 1.94 bits per heavy atom. The number of aliphatic hydroxyl groups excluding tert-OH is 2. The lowest BCUT2D eigenvalue weighted by molar-refractivity contribution is -0.137. The third kappa shape index (κ3) is 2.19. The van der Waals surface area contributed by atoms with E-state index < -0.39 is 18.3 Å². The zero-order valence-electron chi connectivity index (χ0n) is 9.17. The molecule has 3 atom stereocenters. The van der Waals surface area contributed by atoms with Gasteiger partial charge in [-0.1, -0.05) is 12.1 Å². The summed E-state index contributed by atoms with van der Waals surface area (Å²) in [5.41, 5.74) is 0.854. The van der Waals surface area contributed by atoms with Crippen molar-refractivity contribution in [2.75, 3.05) is 13.7 Å². The Kier molecular flexibility index (Phi) is 3.43. The second kappa shape index (κ2) is 4.82. The zero-order chi connectivity index (χ0) is 11.5. The van der Waals surface area contributed by atoms with Crippen molar-refractivity contribution < 1.29 is 19.7 Å². The molecule has 4 nitrogen and oxygen atoms in total. The van der Waals surface area contributed by atoms with Crippen LogP contribution in [-0.2, 0) is 4.74 Å². The molecule has 0 saturated carbocycles. The van der Waals surface area contributed by atoms with E-state index in [4.69, 9.17) is 9.47 Å². The van der Waals surface area contributed by atoms with Crippen molar-refractivity contribution in [3.63, 3.8) is 0 Å². The number of ether oxygens (including phenoxy) is 2. The Hall–Kier alpha value is -1.10. The van der Waals surface area contributed by atoms with Crippen LogP contribution in [0.5, 0.6) is 5.75 Å². The minimum absolute atomic E-state index is 0.449. The quantitative estimate of drug-likeness (QED) is 0.783. The van der Waals surface area contributed by atoms with Crippen molar-refractivity contribution in [3.8, 4) is 5.75 Å². The van der Waals surface area contributed by atoms with Crippen LogP contribution in [0.15, 0.2) is 24.3 Å². The van der Waals surface area contributed by atoms with Crippen LogP contribution in [0.2, 0.25) is 0 Å². The summed E-state index contributed by atoms with van der Waals surface area (Å²) >= 11 is 0. The molecule has 1 fully saturated rings. The molecule has 0 aliphatic carbocycles. The fraction of sp³-hybridized carbons (Fsp3) is 0.500. The molecule has 0 spiro atoms. The predicted octanol–water partition coefficient (Wildman–Crippen LogP) is 0.878. The molecule has 0 unspecified atom stereocenters. The highest BCUT2D eigenvalue weighted by Gasteiger charge is 2.32. The molecule has 16 heavy (non-hydrogen) atoms. The Bertz CT molecular complexity index is 335. The van der Waals surface area contributed by atoms with Crippen molar-refractivity contribution in [2.45, 2.75) is 24.7 Å². The van der Waals surface area contributed by atoms with E-state index in [1.54, 1.807) is 7.11 Å². The average molecular weight is 224 g/mol. The maximum Gasteiger partial charge on any atom is 0.118 e. The van der Waals surface area contributed by atoms with Gasteiger partial charge in [0.05, 0.1) is 19.8 Å². The summed E-state index contributed by atoms with van der Waals surface area (Å²) in [4.78, 5) is 0. The minimum Gasteiger partial charge on any atom is -0.497 e. The van der Waals surface area contributed by atoms with Gasteiger partial charge in [-0.15, -0.1) is 0 Å². The molecule has 88 valence electrons. The van der Waals surface area contributed by atoms with Crippen molar-refractivity contribution in [3.05, 3.63) is 29.8 Å². The summed E-state index contributed by atoms with van der Waals surface area (Å²) in [5, 5.41) is 19.4. The van der Waals surface area contributed by atoms with Crippen molar-refractivity contribution in [2.24, 2.45) is 0 Å². The molecular weight excluding hydrogens is 208 g/mol. The molecule has 1 aromatic carbocycles. The first-order chi connectivity index (χ1) is 7.72. The minimum atomic E-state index is -0.859. The smallest absolute Gasteiger partial charge is 0.118 e. The first kappa shape index (κ1) is 11.4. The first-order valence-electron chi connectivity index (χ1n) is 5.34. The third-order valence-electron chi connectivity index (χ3n) is 2.86. The van der Waals surface area contributed by atoms with E-state index in [0.29, 0.717) is 13.0 Å². The SMILES string of the molecule is COc1ccc([C@H]2OCC[C@@H](O)[C@@H]2O)cc1.